The van der Waals surface area contributed by atoms with E-state index in [9.17, 15) is 4.57 Å². The Morgan fingerprint density at radius 3 is 1.89 bits per heavy atom. The van der Waals surface area contributed by atoms with Crippen molar-refractivity contribution in [2.24, 2.45) is 0 Å². The quantitative estimate of drug-likeness (QED) is 0.439. The summed E-state index contributed by atoms with van der Waals surface area (Å²) in [5, 5.41) is 16.7. The van der Waals surface area contributed by atoms with E-state index in [0.29, 0.717) is 0 Å². The Kier molecular flexibility index (Phi) is 13.1. The van der Waals surface area contributed by atoms with Gasteiger partial charge in [-0.05, 0) is 0 Å². The van der Waals surface area contributed by atoms with Crippen molar-refractivity contribution in [3.63, 3.8) is 0 Å². The van der Waals surface area contributed by atoms with Crippen molar-refractivity contribution in [2.45, 2.75) is 43.9 Å². The van der Waals surface area contributed by atoms with Crippen LogP contribution in [0.5, 0.6) is 0 Å². The van der Waals surface area contributed by atoms with Crippen LogP contribution in [0.3, 0.4) is 0 Å². The number of hydrogen-bond acceptors (Lipinski definition) is 4. The van der Waals surface area contributed by atoms with Gasteiger partial charge in [0.05, 0.1) is 13.2 Å². The van der Waals surface area contributed by atoms with Gasteiger partial charge in [0.2, 0.25) is 0 Å². The second kappa shape index (κ2) is 11.3. The summed E-state index contributed by atoms with van der Waals surface area (Å²) in [4.78, 5) is 16.1. The van der Waals surface area contributed by atoms with Crippen molar-refractivity contribution < 1.29 is 50.2 Å². The molecule has 8 nitrogen and oxygen atoms in total. The van der Waals surface area contributed by atoms with Gasteiger partial charge in [0.15, 0.2) is 0 Å². The summed E-state index contributed by atoms with van der Waals surface area (Å²) < 4.78 is 13.8. The van der Waals surface area contributed by atoms with Gasteiger partial charge < -0.3 is 31.5 Å². The predicted octanol–water partition coefficient (Wildman–Crippen LogP) is 0.848. The van der Waals surface area contributed by atoms with Crippen LogP contribution in [0.25, 0.3) is 11.5 Å². The van der Waals surface area contributed by atoms with Crippen LogP contribution in [0.15, 0.2) is 0 Å². The minimum Gasteiger partial charge on any atom is -0.676 e. The van der Waals surface area contributed by atoms with Gasteiger partial charge >= 0.3 is 28.9 Å². The zero-order valence-electron chi connectivity index (χ0n) is 10.3. The first-order chi connectivity index (χ1) is 8.26. The van der Waals surface area contributed by atoms with Crippen molar-refractivity contribution in [2.75, 3.05) is 13.2 Å². The largest absolute Gasteiger partial charge is 2.00 e. The van der Waals surface area contributed by atoms with Gasteiger partial charge in [0.1, 0.15) is 6.10 Å². The number of phosphoric acid groups is 1. The van der Waals surface area contributed by atoms with Gasteiger partial charge in [-0.25, -0.2) is 4.57 Å². The van der Waals surface area contributed by atoms with Gasteiger partial charge in [-0.3, -0.25) is 4.52 Å². The summed E-state index contributed by atoms with van der Waals surface area (Å²) in [6.07, 6.45) is 3.00. The van der Waals surface area contributed by atoms with E-state index in [-0.39, 0.29) is 33.1 Å². The molecule has 0 bridgehead atoms. The van der Waals surface area contributed by atoms with Crippen LogP contribution in [-0.4, -0.2) is 51.4 Å². The molecule has 1 aliphatic rings. The normalized spacial score (nSPS) is 24.7. The van der Waals surface area contributed by atoms with E-state index in [1.807, 2.05) is 0 Å². The first kappa shape index (κ1) is 21.9. The average Bonchev–Trinajstić information content (AvgIpc) is 2.30. The molecule has 1 saturated carbocycles. The monoisotopic (exact) mass is 479 g/mol. The van der Waals surface area contributed by atoms with E-state index in [4.69, 9.17) is 31.5 Å². The van der Waals surface area contributed by atoms with E-state index >= 15 is 0 Å². The Morgan fingerprint density at radius 1 is 1.21 bits per heavy atom. The molecule has 1 fully saturated rings. The third-order valence-corrected chi connectivity index (χ3v) is 2.90. The molecule has 3 atom stereocenters. The topological polar surface area (TPSA) is 155 Å². The van der Waals surface area contributed by atoms with Gasteiger partial charge in [0, 0.05) is 0 Å². The summed E-state index contributed by atoms with van der Waals surface area (Å²) in [5.41, 5.74) is 14.6. The van der Waals surface area contributed by atoms with Crippen LogP contribution in [0.4, 0.5) is 0 Å². The Labute approximate surface area is 127 Å². The van der Waals surface area contributed by atoms with Crippen molar-refractivity contribution in [1.82, 2.24) is 0 Å². The Balaban J connectivity index is 0. The Bertz CT molecular complexity index is 257. The molecule has 0 aromatic carbocycles. The molecule has 0 saturated heterocycles. The number of hydrogen-bond donors (Lipinski definition) is 4. The number of nitrogens with one attached hydrogen (secondary N) is 2. The molecule has 19 heavy (non-hydrogen) atoms. The van der Waals surface area contributed by atoms with Gasteiger partial charge in [-0.15, -0.1) is 0 Å². The Morgan fingerprint density at radius 2 is 1.63 bits per heavy atom. The van der Waals surface area contributed by atoms with Crippen molar-refractivity contribution in [3.05, 3.63) is 11.5 Å². The van der Waals surface area contributed by atoms with Crippen LogP contribution >= 0.6 is 7.82 Å². The first-order valence-electron chi connectivity index (χ1n) is 5.67. The number of rotatable bonds is 4. The molecule has 3 unspecified atom stereocenters. The second-order valence-electron chi connectivity index (χ2n) is 4.12. The van der Waals surface area contributed by atoms with E-state index in [0.717, 1.165) is 12.8 Å². The fraction of sp³-hybridized carbons (Fsp3) is 1.00. The van der Waals surface area contributed by atoms with E-state index in [1.54, 1.807) is 0 Å². The van der Waals surface area contributed by atoms with Crippen LogP contribution in [0.1, 0.15) is 25.7 Å². The smallest absolute Gasteiger partial charge is 0.676 e. The van der Waals surface area contributed by atoms with E-state index in [1.165, 1.54) is 12.8 Å². The number of aliphatic hydroxyl groups is 2. The maximum Gasteiger partial charge on any atom is 2.00 e. The molecule has 0 aliphatic heterocycles. The van der Waals surface area contributed by atoms with Crippen molar-refractivity contribution in [3.8, 4) is 0 Å². The third-order valence-electron chi connectivity index (χ3n) is 2.41. The summed E-state index contributed by atoms with van der Waals surface area (Å²) in [6, 6.07) is -0.160. The van der Waals surface area contributed by atoms with Gasteiger partial charge in [-0.1, -0.05) is 25.7 Å². The Hall–Kier alpha value is 0.638. The minimum absolute atomic E-state index is 0. The summed E-state index contributed by atoms with van der Waals surface area (Å²) in [7, 11) is -4.50. The molecule has 0 heterocycles. The molecule has 0 aromatic rings. The molecule has 0 radical (unpaired) electrons. The van der Waals surface area contributed by atoms with Crippen molar-refractivity contribution >= 4 is 7.82 Å². The summed E-state index contributed by atoms with van der Waals surface area (Å²) in [5.74, 6) is 0. The molecular weight excluding hydrogens is 458 g/mol. The molecule has 118 valence electrons. The van der Waals surface area contributed by atoms with Crippen LogP contribution in [0, 0.1) is 0 Å². The van der Waals surface area contributed by atoms with Gasteiger partial charge in [0.25, 0.3) is 0 Å². The average molecular weight is 479 g/mol. The zero-order valence-corrected chi connectivity index (χ0v) is 13.5. The van der Waals surface area contributed by atoms with Gasteiger partial charge in [-0.2, -0.15) is 12.1 Å². The second-order valence-corrected chi connectivity index (χ2v) is 5.36. The molecule has 1 rings (SSSR count). The summed E-state index contributed by atoms with van der Waals surface area (Å²) >= 11 is 0. The maximum absolute atomic E-state index is 9.93. The zero-order chi connectivity index (χ0) is 14.2. The van der Waals surface area contributed by atoms with E-state index < -0.39 is 27.1 Å². The van der Waals surface area contributed by atoms with Crippen LogP contribution in [-0.2, 0) is 30.2 Å². The molecule has 0 spiro atoms. The van der Waals surface area contributed by atoms with Crippen LogP contribution < -0.4 is 0 Å². The summed E-state index contributed by atoms with van der Waals surface area (Å²) in [6.45, 7) is -1.15. The third kappa shape index (κ3) is 13.4. The molecule has 0 aromatic heterocycles. The number of phosphoric ester groups is 1. The standard InChI is InChI=1S/C6H12N2.C3H9O6P.Pt/c7-5-3-1-2-4-6(5)8;4-1-3(5)2-9-10(6,7)8;/h5-8H,1-4H2;3-5H,1-2H2,(H2,6,7,8);/q-2;;+2. The maximum atomic E-state index is 9.93. The number of aliphatic hydroxyl groups excluding tert-OH is 2. The molecule has 1 aliphatic carbocycles. The first-order valence-corrected chi connectivity index (χ1v) is 7.20. The predicted molar refractivity (Wildman–Crippen MR) is 65.8 cm³/mol. The minimum atomic E-state index is -4.50. The van der Waals surface area contributed by atoms with Crippen LogP contribution in [0.2, 0.25) is 0 Å². The SMILES string of the molecule is O=P(O)(O)OCC(O)CO.[NH-]C1CCCCC1[NH-].[Pt+2]. The van der Waals surface area contributed by atoms with Crippen molar-refractivity contribution in [1.29, 1.82) is 0 Å². The molecule has 10 heteroatoms. The molecular formula is C9H21N2O6PPt. The fourth-order valence-electron chi connectivity index (χ4n) is 1.37. The molecule has 0 amide bonds. The fourth-order valence-corrected chi connectivity index (χ4v) is 1.73. The van der Waals surface area contributed by atoms with E-state index in [2.05, 4.69) is 4.52 Å². The molecule has 6 N–H and O–H groups in total.